The van der Waals surface area contributed by atoms with Gasteiger partial charge < -0.3 is 15.8 Å². The molecule has 1 aromatic carbocycles. The Hall–Kier alpha value is -2.41. The third kappa shape index (κ3) is 2.94. The molecule has 3 rings (SSSR count). The van der Waals surface area contributed by atoms with Gasteiger partial charge in [-0.25, -0.2) is 9.78 Å². The van der Waals surface area contributed by atoms with Crippen molar-refractivity contribution in [1.29, 1.82) is 0 Å². The Labute approximate surface area is 131 Å². The fourth-order valence-electron chi connectivity index (χ4n) is 2.04. The number of thiazole rings is 1. The highest BCUT2D eigenvalue weighted by Gasteiger charge is 2.24. The molecule has 114 valence electrons. The van der Waals surface area contributed by atoms with E-state index in [1.165, 1.54) is 7.11 Å². The number of nitrogen functional groups attached to an aromatic ring is 1. The zero-order valence-electron chi connectivity index (χ0n) is 12.0. The molecular formula is C15H15N3O3S. The maximum atomic E-state index is 11.9. The summed E-state index contributed by atoms with van der Waals surface area (Å²) < 4.78 is 4.74. The second-order valence-electron chi connectivity index (χ2n) is 5.05. The molecular weight excluding hydrogens is 302 g/mol. The van der Waals surface area contributed by atoms with Gasteiger partial charge in [0, 0.05) is 17.2 Å². The summed E-state index contributed by atoms with van der Waals surface area (Å²) in [6.45, 7) is 0. The Morgan fingerprint density at radius 1 is 1.32 bits per heavy atom. The number of benzene rings is 1. The molecule has 0 aliphatic heterocycles. The smallest absolute Gasteiger partial charge is 0.350 e. The molecule has 0 unspecified atom stereocenters. The number of anilines is 1. The molecule has 0 saturated heterocycles. The van der Waals surface area contributed by atoms with Crippen LogP contribution in [-0.2, 0) is 4.74 Å². The molecule has 1 saturated carbocycles. The Bertz CT molecular complexity index is 720. The first-order valence-electron chi connectivity index (χ1n) is 6.84. The summed E-state index contributed by atoms with van der Waals surface area (Å²) in [6.07, 6.45) is 2.09. The van der Waals surface area contributed by atoms with E-state index < -0.39 is 5.97 Å². The number of esters is 1. The molecule has 7 heteroatoms. The van der Waals surface area contributed by atoms with E-state index in [9.17, 15) is 9.59 Å². The maximum Gasteiger partial charge on any atom is 0.350 e. The summed E-state index contributed by atoms with van der Waals surface area (Å²) >= 11 is 1.08. The van der Waals surface area contributed by atoms with E-state index in [1.54, 1.807) is 24.3 Å². The third-order valence-electron chi connectivity index (χ3n) is 3.35. The predicted octanol–water partition coefficient (Wildman–Crippen LogP) is 2.07. The van der Waals surface area contributed by atoms with E-state index in [4.69, 9.17) is 10.5 Å². The number of hydrogen-bond acceptors (Lipinski definition) is 6. The molecule has 0 atom stereocenters. The first-order valence-corrected chi connectivity index (χ1v) is 7.66. The minimum Gasteiger partial charge on any atom is -0.465 e. The minimum absolute atomic E-state index is 0.0833. The summed E-state index contributed by atoms with van der Waals surface area (Å²) in [5.74, 6) is -0.556. The van der Waals surface area contributed by atoms with E-state index in [0.717, 1.165) is 29.7 Å². The molecule has 6 nitrogen and oxygen atoms in total. The standard InChI is InChI=1S/C15H15N3O3S/c1-21-14(20)12-11(18-15(16)22-12)8-2-4-9(5-3-8)13(19)17-10-6-7-10/h2-5,10H,6-7H2,1H3,(H2,16,18)(H,17,19). The monoisotopic (exact) mass is 317 g/mol. The molecule has 0 bridgehead atoms. The fourth-order valence-corrected chi connectivity index (χ4v) is 2.81. The molecule has 0 radical (unpaired) electrons. The first-order chi connectivity index (χ1) is 10.6. The van der Waals surface area contributed by atoms with E-state index in [2.05, 4.69) is 10.3 Å². The Balaban J connectivity index is 1.86. The highest BCUT2D eigenvalue weighted by Crippen LogP contribution is 2.30. The van der Waals surface area contributed by atoms with Crippen LogP contribution < -0.4 is 11.1 Å². The number of ether oxygens (including phenoxy) is 1. The molecule has 1 aliphatic rings. The lowest BCUT2D eigenvalue weighted by Crippen LogP contribution is -2.25. The van der Waals surface area contributed by atoms with Gasteiger partial charge in [-0.15, -0.1) is 0 Å². The minimum atomic E-state index is -0.472. The number of aromatic nitrogens is 1. The van der Waals surface area contributed by atoms with Gasteiger partial charge in [0.15, 0.2) is 5.13 Å². The number of methoxy groups -OCH3 is 1. The van der Waals surface area contributed by atoms with Crippen LogP contribution in [0.3, 0.4) is 0 Å². The van der Waals surface area contributed by atoms with Gasteiger partial charge in [-0.3, -0.25) is 4.79 Å². The van der Waals surface area contributed by atoms with E-state index in [1.807, 2.05) is 0 Å². The van der Waals surface area contributed by atoms with Crippen molar-refractivity contribution in [2.45, 2.75) is 18.9 Å². The van der Waals surface area contributed by atoms with Gasteiger partial charge >= 0.3 is 5.97 Å². The first kappa shape index (κ1) is 14.5. The Kier molecular flexibility index (Phi) is 3.81. The van der Waals surface area contributed by atoms with Crippen LogP contribution in [0.1, 0.15) is 32.9 Å². The highest BCUT2D eigenvalue weighted by molar-refractivity contribution is 7.17. The topological polar surface area (TPSA) is 94.3 Å². The lowest BCUT2D eigenvalue weighted by Gasteiger charge is -2.05. The summed E-state index contributed by atoms with van der Waals surface area (Å²) in [4.78, 5) is 28.2. The van der Waals surface area contributed by atoms with E-state index in [-0.39, 0.29) is 5.91 Å². The van der Waals surface area contributed by atoms with Gasteiger partial charge in [-0.1, -0.05) is 23.5 Å². The van der Waals surface area contributed by atoms with E-state index in [0.29, 0.717) is 27.3 Å². The summed E-state index contributed by atoms with van der Waals surface area (Å²) in [5.41, 5.74) is 7.46. The van der Waals surface area contributed by atoms with Crippen molar-refractivity contribution in [1.82, 2.24) is 10.3 Å². The fraction of sp³-hybridized carbons (Fsp3) is 0.267. The molecule has 22 heavy (non-hydrogen) atoms. The molecule has 1 amide bonds. The van der Waals surface area contributed by atoms with Gasteiger partial charge in [0.1, 0.15) is 4.88 Å². The number of carbonyl (C=O) groups is 2. The van der Waals surface area contributed by atoms with Crippen molar-refractivity contribution in [3.63, 3.8) is 0 Å². The van der Waals surface area contributed by atoms with Crippen LogP contribution in [0.4, 0.5) is 5.13 Å². The number of nitrogens with two attached hydrogens (primary N) is 1. The van der Waals surface area contributed by atoms with Crippen LogP contribution in [0.5, 0.6) is 0 Å². The average Bonchev–Trinajstić information content (AvgIpc) is 3.25. The number of nitrogens with zero attached hydrogens (tertiary/aromatic N) is 1. The number of rotatable bonds is 4. The second kappa shape index (κ2) is 5.76. The van der Waals surface area contributed by atoms with Crippen molar-refractivity contribution < 1.29 is 14.3 Å². The number of amides is 1. The van der Waals surface area contributed by atoms with Gasteiger partial charge in [0.05, 0.1) is 12.8 Å². The van der Waals surface area contributed by atoms with Crippen molar-refractivity contribution in [3.05, 3.63) is 34.7 Å². The van der Waals surface area contributed by atoms with Crippen molar-refractivity contribution >= 4 is 28.3 Å². The average molecular weight is 317 g/mol. The van der Waals surface area contributed by atoms with Gasteiger partial charge in [0.2, 0.25) is 0 Å². The number of nitrogens with one attached hydrogen (secondary N) is 1. The normalized spacial score (nSPS) is 13.7. The predicted molar refractivity (Wildman–Crippen MR) is 83.8 cm³/mol. The maximum absolute atomic E-state index is 11.9. The molecule has 1 aliphatic carbocycles. The van der Waals surface area contributed by atoms with Crippen LogP contribution >= 0.6 is 11.3 Å². The zero-order chi connectivity index (χ0) is 15.7. The largest absolute Gasteiger partial charge is 0.465 e. The van der Waals surface area contributed by atoms with Crippen LogP contribution in [-0.4, -0.2) is 30.0 Å². The summed E-state index contributed by atoms with van der Waals surface area (Å²) in [7, 11) is 1.31. The molecule has 0 spiro atoms. The van der Waals surface area contributed by atoms with Crippen LogP contribution in [0.25, 0.3) is 11.3 Å². The lowest BCUT2D eigenvalue weighted by molar-refractivity contribution is 0.0606. The van der Waals surface area contributed by atoms with Crippen molar-refractivity contribution in [2.75, 3.05) is 12.8 Å². The lowest BCUT2D eigenvalue weighted by atomic mass is 10.1. The van der Waals surface area contributed by atoms with Gasteiger partial charge in [-0.2, -0.15) is 0 Å². The molecule has 3 N–H and O–H groups in total. The Morgan fingerprint density at radius 2 is 2.00 bits per heavy atom. The summed E-state index contributed by atoms with van der Waals surface area (Å²) in [5, 5.41) is 3.22. The third-order valence-corrected chi connectivity index (χ3v) is 4.21. The quantitative estimate of drug-likeness (QED) is 0.842. The Morgan fingerprint density at radius 3 is 2.59 bits per heavy atom. The molecule has 1 heterocycles. The zero-order valence-corrected chi connectivity index (χ0v) is 12.8. The van der Waals surface area contributed by atoms with Crippen molar-refractivity contribution in [2.24, 2.45) is 0 Å². The number of carbonyl (C=O) groups excluding carboxylic acids is 2. The molecule has 1 aromatic heterocycles. The van der Waals surface area contributed by atoms with Crippen LogP contribution in [0.2, 0.25) is 0 Å². The highest BCUT2D eigenvalue weighted by atomic mass is 32.1. The SMILES string of the molecule is COC(=O)c1sc(N)nc1-c1ccc(C(=O)NC2CC2)cc1. The van der Waals surface area contributed by atoms with Gasteiger partial charge in [0.25, 0.3) is 5.91 Å². The van der Waals surface area contributed by atoms with Crippen LogP contribution in [0.15, 0.2) is 24.3 Å². The van der Waals surface area contributed by atoms with Crippen LogP contribution in [0, 0.1) is 0 Å². The van der Waals surface area contributed by atoms with Crippen molar-refractivity contribution in [3.8, 4) is 11.3 Å². The van der Waals surface area contributed by atoms with Gasteiger partial charge in [-0.05, 0) is 25.0 Å². The molecule has 1 fully saturated rings. The number of hydrogen-bond donors (Lipinski definition) is 2. The van der Waals surface area contributed by atoms with E-state index >= 15 is 0 Å². The second-order valence-corrected chi connectivity index (χ2v) is 6.08. The summed E-state index contributed by atoms with van der Waals surface area (Å²) in [6, 6.07) is 7.25. The molecule has 2 aromatic rings.